The molecule has 5 nitrogen and oxygen atoms in total. The van der Waals surface area contributed by atoms with Gasteiger partial charge in [-0.25, -0.2) is 8.42 Å². The Bertz CT molecular complexity index is 713. The summed E-state index contributed by atoms with van der Waals surface area (Å²) in [6.07, 6.45) is 5.98. The van der Waals surface area contributed by atoms with Crippen molar-refractivity contribution in [1.82, 2.24) is 4.90 Å². The maximum Gasteiger partial charge on any atom is 0.227 e. The molecule has 1 aliphatic heterocycles. The topological polar surface area (TPSA) is 74.7 Å². The number of rotatable bonds is 3. The van der Waals surface area contributed by atoms with Crippen LogP contribution in [0.5, 0.6) is 0 Å². The zero-order chi connectivity index (χ0) is 17.4. The van der Waals surface area contributed by atoms with Gasteiger partial charge in [0.25, 0.3) is 0 Å². The Hall–Kier alpha value is -1.40. The number of carbonyl (C=O) groups is 1. The molecule has 1 spiro atoms. The minimum absolute atomic E-state index is 0.0558. The van der Waals surface area contributed by atoms with Crippen LogP contribution in [0.15, 0.2) is 29.2 Å². The smallest absolute Gasteiger partial charge is 0.227 e. The highest BCUT2D eigenvalue weighted by Crippen LogP contribution is 2.45. The molecule has 24 heavy (non-hydrogen) atoms. The molecule has 1 aromatic carbocycles. The van der Waals surface area contributed by atoms with E-state index < -0.39 is 9.84 Å². The molecule has 132 valence electrons. The number of hydrogen-bond donors (Lipinski definition) is 1. The molecule has 0 radical (unpaired) electrons. The Morgan fingerprint density at radius 3 is 2.50 bits per heavy atom. The third-order valence-electron chi connectivity index (χ3n) is 5.53. The van der Waals surface area contributed by atoms with Gasteiger partial charge in [-0.2, -0.15) is 0 Å². The van der Waals surface area contributed by atoms with Crippen LogP contribution in [0.2, 0.25) is 0 Å². The molecule has 6 heteroatoms. The van der Waals surface area contributed by atoms with Gasteiger partial charge in [-0.15, -0.1) is 0 Å². The van der Waals surface area contributed by atoms with Crippen LogP contribution in [0.3, 0.4) is 0 Å². The van der Waals surface area contributed by atoms with E-state index in [0.717, 1.165) is 44.2 Å². The predicted molar refractivity (Wildman–Crippen MR) is 91.4 cm³/mol. The van der Waals surface area contributed by atoms with Crippen LogP contribution in [0.25, 0.3) is 0 Å². The standard InChI is InChI=1S/C18H25NO4S/c1-24(22,23)15-7-5-14(6-8-15)12-17(21)19-11-3-10-18(13-19)9-2-4-16(18)20/h5-8,16,20H,2-4,9-13H2,1H3/t16-,18-/m1/s1. The van der Waals surface area contributed by atoms with E-state index in [-0.39, 0.29) is 28.7 Å². The molecule has 3 rings (SSSR count). The Kier molecular flexibility index (Phi) is 4.71. The summed E-state index contributed by atoms with van der Waals surface area (Å²) >= 11 is 0. The first-order valence-corrected chi connectivity index (χ1v) is 10.4. The van der Waals surface area contributed by atoms with Crippen molar-refractivity contribution >= 4 is 15.7 Å². The number of aliphatic hydroxyl groups is 1. The molecule has 0 aromatic heterocycles. The number of amides is 1. The summed E-state index contributed by atoms with van der Waals surface area (Å²) in [5.41, 5.74) is 0.715. The highest BCUT2D eigenvalue weighted by atomic mass is 32.2. The first-order valence-electron chi connectivity index (χ1n) is 8.55. The van der Waals surface area contributed by atoms with Gasteiger partial charge in [-0.3, -0.25) is 4.79 Å². The maximum atomic E-state index is 12.6. The summed E-state index contributed by atoms with van der Waals surface area (Å²) in [4.78, 5) is 14.8. The van der Waals surface area contributed by atoms with Gasteiger partial charge in [0.05, 0.1) is 17.4 Å². The number of hydrogen-bond acceptors (Lipinski definition) is 4. The summed E-state index contributed by atoms with van der Waals surface area (Å²) in [6, 6.07) is 6.52. The summed E-state index contributed by atoms with van der Waals surface area (Å²) in [5, 5.41) is 10.3. The monoisotopic (exact) mass is 351 g/mol. The molecule has 1 saturated heterocycles. The molecule has 1 heterocycles. The molecule has 2 aliphatic rings. The van der Waals surface area contributed by atoms with E-state index in [1.165, 1.54) is 6.26 Å². The van der Waals surface area contributed by atoms with Crippen molar-refractivity contribution in [1.29, 1.82) is 0 Å². The average Bonchev–Trinajstić information content (AvgIpc) is 2.87. The van der Waals surface area contributed by atoms with Gasteiger partial charge in [0.1, 0.15) is 0 Å². The molecular weight excluding hydrogens is 326 g/mol. The van der Waals surface area contributed by atoms with Crippen LogP contribution in [0, 0.1) is 5.41 Å². The summed E-state index contributed by atoms with van der Waals surface area (Å²) in [5.74, 6) is 0.0558. The van der Waals surface area contributed by atoms with Gasteiger partial charge in [0.2, 0.25) is 5.91 Å². The average molecular weight is 351 g/mol. The number of nitrogens with zero attached hydrogens (tertiary/aromatic N) is 1. The lowest BCUT2D eigenvalue weighted by Gasteiger charge is -2.42. The third kappa shape index (κ3) is 3.49. The lowest BCUT2D eigenvalue weighted by atomic mass is 9.76. The van der Waals surface area contributed by atoms with Crippen molar-refractivity contribution in [2.24, 2.45) is 5.41 Å². The number of benzene rings is 1. The summed E-state index contributed by atoms with van der Waals surface area (Å²) in [6.45, 7) is 1.39. The van der Waals surface area contributed by atoms with Crippen LogP contribution in [0.1, 0.15) is 37.7 Å². The molecule has 1 saturated carbocycles. The largest absolute Gasteiger partial charge is 0.392 e. The first-order chi connectivity index (χ1) is 11.3. The zero-order valence-corrected chi connectivity index (χ0v) is 14.9. The highest BCUT2D eigenvalue weighted by Gasteiger charge is 2.45. The van der Waals surface area contributed by atoms with Gasteiger partial charge in [0.15, 0.2) is 9.84 Å². The minimum atomic E-state index is -3.21. The second-order valence-corrected chi connectivity index (χ2v) is 9.30. The second kappa shape index (κ2) is 6.48. The summed E-state index contributed by atoms with van der Waals surface area (Å²) in [7, 11) is -3.21. The summed E-state index contributed by atoms with van der Waals surface area (Å²) < 4.78 is 23.0. The molecule has 1 aliphatic carbocycles. The lowest BCUT2D eigenvalue weighted by molar-refractivity contribution is -0.135. The van der Waals surface area contributed by atoms with Crippen LogP contribution in [-0.4, -0.2) is 49.8 Å². The van der Waals surface area contributed by atoms with Crippen molar-refractivity contribution in [3.63, 3.8) is 0 Å². The molecule has 0 bridgehead atoms. The van der Waals surface area contributed by atoms with E-state index in [9.17, 15) is 18.3 Å². The van der Waals surface area contributed by atoms with Gasteiger partial charge in [0, 0.05) is 24.8 Å². The first kappa shape index (κ1) is 17.4. The maximum absolute atomic E-state index is 12.6. The van der Waals surface area contributed by atoms with Crippen molar-refractivity contribution in [3.8, 4) is 0 Å². The molecule has 1 amide bonds. The number of likely N-dealkylation sites (tertiary alicyclic amines) is 1. The Morgan fingerprint density at radius 1 is 1.25 bits per heavy atom. The highest BCUT2D eigenvalue weighted by molar-refractivity contribution is 7.90. The lowest BCUT2D eigenvalue weighted by Crippen LogP contribution is -2.49. The molecule has 1 aromatic rings. The van der Waals surface area contributed by atoms with E-state index in [4.69, 9.17) is 0 Å². The fourth-order valence-corrected chi connectivity index (χ4v) is 4.74. The number of aliphatic hydroxyl groups excluding tert-OH is 1. The van der Waals surface area contributed by atoms with E-state index in [2.05, 4.69) is 0 Å². The van der Waals surface area contributed by atoms with Crippen LogP contribution < -0.4 is 0 Å². The second-order valence-electron chi connectivity index (χ2n) is 7.28. The Labute approximate surface area is 143 Å². The Balaban J connectivity index is 1.66. The van der Waals surface area contributed by atoms with Crippen molar-refractivity contribution in [2.75, 3.05) is 19.3 Å². The fourth-order valence-electron chi connectivity index (χ4n) is 4.11. The van der Waals surface area contributed by atoms with Crippen molar-refractivity contribution < 1.29 is 18.3 Å². The van der Waals surface area contributed by atoms with Gasteiger partial charge in [-0.1, -0.05) is 18.6 Å². The van der Waals surface area contributed by atoms with Crippen LogP contribution >= 0.6 is 0 Å². The molecule has 1 N–H and O–H groups in total. The van der Waals surface area contributed by atoms with E-state index in [1.807, 2.05) is 4.90 Å². The predicted octanol–water partition coefficient (Wildman–Crippen LogP) is 1.79. The number of carbonyl (C=O) groups excluding carboxylic acids is 1. The van der Waals surface area contributed by atoms with Gasteiger partial charge < -0.3 is 10.0 Å². The molecular formula is C18H25NO4S. The molecule has 0 unspecified atom stereocenters. The van der Waals surface area contributed by atoms with E-state index in [1.54, 1.807) is 24.3 Å². The van der Waals surface area contributed by atoms with Crippen molar-refractivity contribution in [2.45, 2.75) is 49.5 Å². The zero-order valence-electron chi connectivity index (χ0n) is 14.1. The van der Waals surface area contributed by atoms with Crippen LogP contribution in [-0.2, 0) is 21.1 Å². The van der Waals surface area contributed by atoms with E-state index >= 15 is 0 Å². The van der Waals surface area contributed by atoms with Crippen LogP contribution in [0.4, 0.5) is 0 Å². The number of piperidine rings is 1. The van der Waals surface area contributed by atoms with Gasteiger partial charge >= 0.3 is 0 Å². The van der Waals surface area contributed by atoms with Crippen molar-refractivity contribution in [3.05, 3.63) is 29.8 Å². The Morgan fingerprint density at radius 2 is 1.92 bits per heavy atom. The van der Waals surface area contributed by atoms with Gasteiger partial charge in [-0.05, 0) is 43.4 Å². The third-order valence-corrected chi connectivity index (χ3v) is 6.66. The molecule has 2 fully saturated rings. The minimum Gasteiger partial charge on any atom is -0.392 e. The quantitative estimate of drug-likeness (QED) is 0.901. The SMILES string of the molecule is CS(=O)(=O)c1ccc(CC(=O)N2CCC[C@]3(CCC[C@H]3O)C2)cc1. The number of sulfone groups is 1. The van der Waals surface area contributed by atoms with E-state index in [0.29, 0.717) is 6.54 Å². The molecule has 2 atom stereocenters. The normalized spacial score (nSPS) is 27.6. The fraction of sp³-hybridized carbons (Fsp3) is 0.611.